The smallest absolute Gasteiger partial charge is 0.257 e. The zero-order valence-electron chi connectivity index (χ0n) is 15.7. The van der Waals surface area contributed by atoms with Gasteiger partial charge in [0.2, 0.25) is 0 Å². The molecule has 2 amide bonds. The summed E-state index contributed by atoms with van der Waals surface area (Å²) in [6.45, 7) is 1.81. The maximum atomic E-state index is 13.2. The highest BCUT2D eigenvalue weighted by molar-refractivity contribution is 6.02. The van der Waals surface area contributed by atoms with E-state index in [4.69, 9.17) is 0 Å². The number of halogens is 1. The number of hydrogen-bond acceptors (Lipinski definition) is 3. The summed E-state index contributed by atoms with van der Waals surface area (Å²) < 4.78 is 15.0. The minimum atomic E-state index is -0.707. The van der Waals surface area contributed by atoms with Crippen LogP contribution in [0.2, 0.25) is 0 Å². The highest BCUT2D eigenvalue weighted by Gasteiger charge is 2.54. The van der Waals surface area contributed by atoms with E-state index in [0.29, 0.717) is 43.6 Å². The van der Waals surface area contributed by atoms with E-state index < -0.39 is 6.17 Å². The van der Waals surface area contributed by atoms with Gasteiger partial charge in [0.1, 0.15) is 6.17 Å². The number of carbonyl (C=O) groups excluding carboxylic acids is 2. The second-order valence-corrected chi connectivity index (χ2v) is 8.49. The molecule has 2 aliphatic heterocycles. The van der Waals surface area contributed by atoms with E-state index in [1.807, 2.05) is 36.4 Å². The van der Waals surface area contributed by atoms with Crippen LogP contribution in [0.4, 0.5) is 4.39 Å². The number of aromatic nitrogens is 2. The van der Waals surface area contributed by atoms with Crippen molar-refractivity contribution in [3.8, 4) is 11.3 Å². The molecule has 2 aromatic heterocycles. The van der Waals surface area contributed by atoms with Gasteiger partial charge in [-0.15, -0.1) is 0 Å². The molecule has 1 N–H and O–H groups in total. The Bertz CT molecular complexity index is 1190. The van der Waals surface area contributed by atoms with Gasteiger partial charge in [0.05, 0.1) is 23.0 Å². The van der Waals surface area contributed by atoms with Crippen molar-refractivity contribution >= 4 is 17.3 Å². The van der Waals surface area contributed by atoms with Crippen molar-refractivity contribution in [3.63, 3.8) is 0 Å². The second kappa shape index (κ2) is 5.65. The molecule has 0 bridgehead atoms. The fraction of sp³-hybridized carbons (Fsp3) is 0.318. The number of likely N-dealkylation sites (tertiary alicyclic amines) is 1. The second-order valence-electron chi connectivity index (χ2n) is 8.49. The van der Waals surface area contributed by atoms with E-state index in [1.165, 1.54) is 0 Å². The third-order valence-electron chi connectivity index (χ3n) is 6.51. The maximum Gasteiger partial charge on any atom is 0.257 e. The standard InChI is InChI=1S/C22H19FN4O2/c23-15-7-22(8-15)11-26(12-22)21(29)17-10-25-27-18(2-1-3-19(17)27)13-4-5-14-9-24-20(28)16(14)6-13/h1-6,10,15H,7-9,11-12H2,(H,24,28). The molecular weight excluding hydrogens is 371 g/mol. The van der Waals surface area contributed by atoms with Gasteiger partial charge in [-0.05, 0) is 36.6 Å². The molecular formula is C22H19FN4O2. The van der Waals surface area contributed by atoms with Crippen LogP contribution in [0.25, 0.3) is 16.8 Å². The van der Waals surface area contributed by atoms with Gasteiger partial charge in [-0.1, -0.05) is 18.2 Å². The van der Waals surface area contributed by atoms with E-state index in [0.717, 1.165) is 22.3 Å². The Morgan fingerprint density at radius 2 is 2.03 bits per heavy atom. The van der Waals surface area contributed by atoms with Crippen LogP contribution in [0.5, 0.6) is 0 Å². The first kappa shape index (κ1) is 16.7. The molecule has 1 saturated heterocycles. The number of nitrogens with zero attached hydrogens (tertiary/aromatic N) is 3. The number of hydrogen-bond donors (Lipinski definition) is 1. The highest BCUT2D eigenvalue weighted by atomic mass is 19.1. The number of rotatable bonds is 2. The first-order valence-corrected chi connectivity index (χ1v) is 9.85. The van der Waals surface area contributed by atoms with E-state index in [-0.39, 0.29) is 17.2 Å². The van der Waals surface area contributed by atoms with E-state index >= 15 is 0 Å². The van der Waals surface area contributed by atoms with Gasteiger partial charge in [0.25, 0.3) is 11.8 Å². The lowest BCUT2D eigenvalue weighted by molar-refractivity contribution is -0.0850. The van der Waals surface area contributed by atoms with Crippen molar-refractivity contribution in [2.45, 2.75) is 25.6 Å². The number of nitrogens with one attached hydrogen (secondary N) is 1. The van der Waals surface area contributed by atoms with Gasteiger partial charge in [0, 0.05) is 36.2 Å². The number of benzene rings is 1. The van der Waals surface area contributed by atoms with Crippen LogP contribution >= 0.6 is 0 Å². The first-order valence-electron chi connectivity index (χ1n) is 9.85. The minimum Gasteiger partial charge on any atom is -0.348 e. The van der Waals surface area contributed by atoms with E-state index in [1.54, 1.807) is 15.6 Å². The van der Waals surface area contributed by atoms with Gasteiger partial charge in [-0.2, -0.15) is 5.10 Å². The lowest BCUT2D eigenvalue weighted by Crippen LogP contribution is -2.64. The van der Waals surface area contributed by atoms with Gasteiger partial charge < -0.3 is 10.2 Å². The Labute approximate surface area is 166 Å². The first-order chi connectivity index (χ1) is 14.0. The fourth-order valence-electron chi connectivity index (χ4n) is 4.98. The molecule has 3 aliphatic rings. The molecule has 1 aromatic carbocycles. The summed E-state index contributed by atoms with van der Waals surface area (Å²) in [7, 11) is 0. The van der Waals surface area contributed by atoms with Crippen LogP contribution in [0.15, 0.2) is 42.6 Å². The summed E-state index contributed by atoms with van der Waals surface area (Å²) in [6.07, 6.45) is 2.04. The van der Waals surface area contributed by atoms with Crippen LogP contribution in [0.1, 0.15) is 39.1 Å². The number of pyridine rings is 1. The largest absolute Gasteiger partial charge is 0.348 e. The molecule has 0 radical (unpaired) electrons. The molecule has 1 saturated carbocycles. The Hall–Kier alpha value is -3.22. The molecule has 6 rings (SSSR count). The monoisotopic (exact) mass is 390 g/mol. The Morgan fingerprint density at radius 3 is 2.83 bits per heavy atom. The molecule has 2 fully saturated rings. The Kier molecular flexibility index (Phi) is 3.26. The zero-order chi connectivity index (χ0) is 19.8. The molecule has 3 aromatic rings. The summed E-state index contributed by atoms with van der Waals surface area (Å²) in [4.78, 5) is 26.8. The number of alkyl halides is 1. The average molecular weight is 390 g/mol. The quantitative estimate of drug-likeness (QED) is 0.732. The fourth-order valence-corrected chi connectivity index (χ4v) is 4.98. The molecule has 1 spiro atoms. The molecule has 0 unspecified atom stereocenters. The normalized spacial score (nSPS) is 19.8. The third kappa shape index (κ3) is 2.36. The van der Waals surface area contributed by atoms with Crippen molar-refractivity contribution in [2.24, 2.45) is 5.41 Å². The topological polar surface area (TPSA) is 66.7 Å². The molecule has 1 aliphatic carbocycles. The van der Waals surface area contributed by atoms with Crippen LogP contribution in [0.3, 0.4) is 0 Å². The molecule has 0 atom stereocenters. The summed E-state index contributed by atoms with van der Waals surface area (Å²) in [5.41, 5.74) is 4.66. The highest BCUT2D eigenvalue weighted by Crippen LogP contribution is 2.50. The summed E-state index contributed by atoms with van der Waals surface area (Å²) >= 11 is 0. The Morgan fingerprint density at radius 1 is 1.21 bits per heavy atom. The van der Waals surface area contributed by atoms with Gasteiger partial charge in [-0.3, -0.25) is 9.59 Å². The predicted octanol–water partition coefficient (Wildman–Crippen LogP) is 2.82. The number of carbonyl (C=O) groups is 2. The third-order valence-corrected chi connectivity index (χ3v) is 6.51. The average Bonchev–Trinajstić information content (AvgIpc) is 3.26. The molecule has 7 heteroatoms. The van der Waals surface area contributed by atoms with E-state index in [2.05, 4.69) is 10.4 Å². The molecule has 4 heterocycles. The van der Waals surface area contributed by atoms with Crippen molar-refractivity contribution < 1.29 is 14.0 Å². The lowest BCUT2D eigenvalue weighted by atomic mass is 9.62. The number of fused-ring (bicyclic) bond motifs is 2. The van der Waals surface area contributed by atoms with Crippen LogP contribution in [-0.4, -0.2) is 45.6 Å². The van der Waals surface area contributed by atoms with Crippen LogP contribution in [0, 0.1) is 5.41 Å². The van der Waals surface area contributed by atoms with Crippen LogP contribution < -0.4 is 5.32 Å². The number of amides is 2. The van der Waals surface area contributed by atoms with E-state index in [9.17, 15) is 14.0 Å². The SMILES string of the molecule is O=C1NCc2ccc(-c3cccc4c(C(=O)N5CC6(CC(F)C6)C5)cnn34)cc21. The van der Waals surface area contributed by atoms with Gasteiger partial charge in [0.15, 0.2) is 0 Å². The summed E-state index contributed by atoms with van der Waals surface area (Å²) in [6, 6.07) is 11.5. The van der Waals surface area contributed by atoms with Gasteiger partial charge >= 0.3 is 0 Å². The minimum absolute atomic E-state index is 0.00813. The van der Waals surface area contributed by atoms with Crippen molar-refractivity contribution in [3.05, 3.63) is 59.3 Å². The van der Waals surface area contributed by atoms with Crippen molar-refractivity contribution in [1.82, 2.24) is 19.8 Å². The lowest BCUT2D eigenvalue weighted by Gasteiger charge is -2.56. The van der Waals surface area contributed by atoms with Crippen molar-refractivity contribution in [1.29, 1.82) is 0 Å². The summed E-state index contributed by atoms with van der Waals surface area (Å²) in [5.74, 6) is -0.123. The zero-order valence-corrected chi connectivity index (χ0v) is 15.7. The molecule has 146 valence electrons. The Balaban J connectivity index is 1.34. The maximum absolute atomic E-state index is 13.2. The van der Waals surface area contributed by atoms with Crippen molar-refractivity contribution in [2.75, 3.05) is 13.1 Å². The van der Waals surface area contributed by atoms with Gasteiger partial charge in [-0.25, -0.2) is 8.91 Å². The molecule has 29 heavy (non-hydrogen) atoms. The van der Waals surface area contributed by atoms with Crippen LogP contribution in [-0.2, 0) is 6.54 Å². The predicted molar refractivity (Wildman–Crippen MR) is 104 cm³/mol. The molecule has 6 nitrogen and oxygen atoms in total. The summed E-state index contributed by atoms with van der Waals surface area (Å²) in [5, 5.41) is 7.29.